The Bertz CT molecular complexity index is 935. The zero-order valence-electron chi connectivity index (χ0n) is 17.5. The summed E-state index contributed by atoms with van der Waals surface area (Å²) in [4.78, 5) is 12.8. The van der Waals surface area contributed by atoms with Crippen molar-refractivity contribution in [1.29, 1.82) is 0 Å². The molecular formula is C22H30N2O3S. The van der Waals surface area contributed by atoms with E-state index in [4.69, 9.17) is 0 Å². The predicted octanol–water partition coefficient (Wildman–Crippen LogP) is 3.97. The average Bonchev–Trinajstić information content (AvgIpc) is 2.60. The van der Waals surface area contributed by atoms with E-state index in [9.17, 15) is 13.2 Å². The summed E-state index contributed by atoms with van der Waals surface area (Å²) in [5, 5.41) is 2.90. The van der Waals surface area contributed by atoms with Gasteiger partial charge in [0.05, 0.1) is 10.6 Å². The van der Waals surface area contributed by atoms with E-state index < -0.39 is 10.0 Å². The molecule has 0 aromatic heterocycles. The second-order valence-corrected chi connectivity index (χ2v) is 9.58. The minimum atomic E-state index is -3.88. The van der Waals surface area contributed by atoms with Crippen molar-refractivity contribution >= 4 is 21.6 Å². The summed E-state index contributed by atoms with van der Waals surface area (Å²) in [5.41, 5.74) is 3.33. The molecule has 0 fully saturated rings. The maximum Gasteiger partial charge on any atom is 0.264 e. The smallest absolute Gasteiger partial charge is 0.264 e. The van der Waals surface area contributed by atoms with Gasteiger partial charge in [0.15, 0.2) is 0 Å². The molecule has 1 N–H and O–H groups in total. The number of benzene rings is 2. The van der Waals surface area contributed by atoms with Crippen molar-refractivity contribution < 1.29 is 13.2 Å². The number of anilines is 1. The lowest BCUT2D eigenvalue weighted by Crippen LogP contribution is -2.45. The number of rotatable bonds is 7. The first-order chi connectivity index (χ1) is 13.0. The lowest BCUT2D eigenvalue weighted by Gasteiger charge is -2.27. The number of carbonyl (C=O) groups is 1. The van der Waals surface area contributed by atoms with Gasteiger partial charge in [-0.2, -0.15) is 0 Å². The van der Waals surface area contributed by atoms with E-state index in [2.05, 4.69) is 5.32 Å². The molecule has 28 heavy (non-hydrogen) atoms. The number of sulfonamides is 1. The van der Waals surface area contributed by atoms with Crippen LogP contribution >= 0.6 is 0 Å². The third kappa shape index (κ3) is 5.13. The van der Waals surface area contributed by atoms with Crippen molar-refractivity contribution in [2.24, 2.45) is 5.92 Å². The van der Waals surface area contributed by atoms with Crippen molar-refractivity contribution in [3.8, 4) is 0 Å². The highest BCUT2D eigenvalue weighted by Gasteiger charge is 2.28. The molecule has 0 heterocycles. The van der Waals surface area contributed by atoms with Crippen molar-refractivity contribution in [2.45, 2.75) is 52.5 Å². The molecule has 2 aromatic carbocycles. The summed E-state index contributed by atoms with van der Waals surface area (Å²) in [5.74, 6) is -0.0657. The SMILES string of the molecule is Cc1ccc(S(=O)(=O)N(CC(=O)NC(C)C(C)C)c2ccc(C)cc2C)cc1. The Labute approximate surface area is 168 Å². The highest BCUT2D eigenvalue weighted by molar-refractivity contribution is 7.92. The minimum absolute atomic E-state index is 0.0458. The summed E-state index contributed by atoms with van der Waals surface area (Å²) in [6, 6.07) is 12.2. The van der Waals surface area contributed by atoms with Crippen LogP contribution in [0.25, 0.3) is 0 Å². The molecule has 0 aliphatic heterocycles. The van der Waals surface area contributed by atoms with Gasteiger partial charge in [-0.3, -0.25) is 9.10 Å². The van der Waals surface area contributed by atoms with Gasteiger partial charge in [0.2, 0.25) is 5.91 Å². The first-order valence-electron chi connectivity index (χ1n) is 9.48. The molecule has 1 unspecified atom stereocenters. The van der Waals surface area contributed by atoms with Crippen molar-refractivity contribution in [3.05, 3.63) is 59.2 Å². The van der Waals surface area contributed by atoms with Crippen LogP contribution in [0.15, 0.2) is 47.4 Å². The number of aryl methyl sites for hydroxylation is 3. The predicted molar refractivity (Wildman–Crippen MR) is 114 cm³/mol. The Balaban J connectivity index is 2.46. The molecule has 0 saturated heterocycles. The van der Waals surface area contributed by atoms with Crippen LogP contribution in [0.3, 0.4) is 0 Å². The van der Waals surface area contributed by atoms with Gasteiger partial charge in [-0.1, -0.05) is 49.2 Å². The molecule has 6 heteroatoms. The molecule has 0 radical (unpaired) electrons. The normalized spacial score (nSPS) is 12.7. The molecule has 152 valence electrons. The first-order valence-corrected chi connectivity index (χ1v) is 10.9. The quantitative estimate of drug-likeness (QED) is 0.762. The van der Waals surface area contributed by atoms with E-state index in [-0.39, 0.29) is 29.3 Å². The lowest BCUT2D eigenvalue weighted by atomic mass is 10.1. The van der Waals surface area contributed by atoms with Gasteiger partial charge in [0.1, 0.15) is 6.54 Å². The van der Waals surface area contributed by atoms with Crippen molar-refractivity contribution in [2.75, 3.05) is 10.8 Å². The van der Waals surface area contributed by atoms with Gasteiger partial charge < -0.3 is 5.32 Å². The molecule has 0 spiro atoms. The third-order valence-corrected chi connectivity index (χ3v) is 6.68. The topological polar surface area (TPSA) is 66.5 Å². The molecule has 0 aliphatic rings. The number of carbonyl (C=O) groups excluding carboxylic acids is 1. The van der Waals surface area contributed by atoms with E-state index >= 15 is 0 Å². The van der Waals surface area contributed by atoms with Crippen LogP contribution in [-0.2, 0) is 14.8 Å². The van der Waals surface area contributed by atoms with Crippen LogP contribution in [0, 0.1) is 26.7 Å². The van der Waals surface area contributed by atoms with Crippen LogP contribution in [0.5, 0.6) is 0 Å². The van der Waals surface area contributed by atoms with E-state index in [1.165, 1.54) is 4.31 Å². The molecule has 1 atom stereocenters. The zero-order chi connectivity index (χ0) is 21.1. The van der Waals surface area contributed by atoms with Crippen molar-refractivity contribution in [3.63, 3.8) is 0 Å². The second-order valence-electron chi connectivity index (χ2n) is 7.71. The molecular weight excluding hydrogens is 372 g/mol. The Hall–Kier alpha value is -2.34. The van der Waals surface area contributed by atoms with Crippen LogP contribution in [0.4, 0.5) is 5.69 Å². The summed E-state index contributed by atoms with van der Waals surface area (Å²) in [7, 11) is -3.88. The molecule has 2 aromatic rings. The fourth-order valence-corrected chi connectivity index (χ4v) is 4.30. The molecule has 2 rings (SSSR count). The van der Waals surface area contributed by atoms with Gasteiger partial charge in [-0.15, -0.1) is 0 Å². The molecule has 0 saturated carbocycles. The van der Waals surface area contributed by atoms with Gasteiger partial charge in [-0.25, -0.2) is 8.42 Å². The Kier molecular flexibility index (Phi) is 6.88. The monoisotopic (exact) mass is 402 g/mol. The Morgan fingerprint density at radius 1 is 0.964 bits per heavy atom. The van der Waals surface area contributed by atoms with E-state index in [0.29, 0.717) is 5.69 Å². The van der Waals surface area contributed by atoms with E-state index in [1.54, 1.807) is 30.3 Å². The lowest BCUT2D eigenvalue weighted by molar-refractivity contribution is -0.120. The van der Waals surface area contributed by atoms with Crippen LogP contribution in [0.1, 0.15) is 37.5 Å². The van der Waals surface area contributed by atoms with Gasteiger partial charge in [0, 0.05) is 6.04 Å². The fourth-order valence-electron chi connectivity index (χ4n) is 2.82. The number of nitrogens with one attached hydrogen (secondary N) is 1. The second kappa shape index (κ2) is 8.78. The van der Waals surface area contributed by atoms with E-state index in [1.807, 2.05) is 53.7 Å². The van der Waals surface area contributed by atoms with Gasteiger partial charge >= 0.3 is 0 Å². The van der Waals surface area contributed by atoms with Gasteiger partial charge in [-0.05, 0) is 57.4 Å². The summed E-state index contributed by atoms with van der Waals surface area (Å²) in [6.45, 7) is 11.4. The number of nitrogens with zero attached hydrogens (tertiary/aromatic N) is 1. The summed E-state index contributed by atoms with van der Waals surface area (Å²) < 4.78 is 28.0. The molecule has 0 bridgehead atoms. The largest absolute Gasteiger partial charge is 0.352 e. The highest BCUT2D eigenvalue weighted by atomic mass is 32.2. The summed E-state index contributed by atoms with van der Waals surface area (Å²) in [6.07, 6.45) is 0. The maximum absolute atomic E-state index is 13.4. The molecule has 1 amide bonds. The fraction of sp³-hybridized carbons (Fsp3) is 0.409. The van der Waals surface area contributed by atoms with Gasteiger partial charge in [0.25, 0.3) is 10.0 Å². The minimum Gasteiger partial charge on any atom is -0.352 e. The standard InChI is InChI=1S/C22H30N2O3S/c1-15(2)19(6)23-22(25)14-24(21-12-9-17(4)13-18(21)5)28(26,27)20-10-7-16(3)8-11-20/h7-13,15,19H,14H2,1-6H3,(H,23,25). The van der Waals surface area contributed by atoms with Crippen LogP contribution < -0.4 is 9.62 Å². The Morgan fingerprint density at radius 3 is 2.07 bits per heavy atom. The van der Waals surface area contributed by atoms with Crippen molar-refractivity contribution in [1.82, 2.24) is 5.32 Å². The number of hydrogen-bond acceptors (Lipinski definition) is 3. The number of amides is 1. The molecule has 0 aliphatic carbocycles. The van der Waals surface area contributed by atoms with Crippen LogP contribution in [-0.4, -0.2) is 26.9 Å². The third-order valence-electron chi connectivity index (χ3n) is 4.91. The summed E-state index contributed by atoms with van der Waals surface area (Å²) >= 11 is 0. The highest BCUT2D eigenvalue weighted by Crippen LogP contribution is 2.27. The number of hydrogen-bond donors (Lipinski definition) is 1. The molecule has 5 nitrogen and oxygen atoms in total. The first kappa shape index (κ1) is 22.0. The van der Waals surface area contributed by atoms with E-state index in [0.717, 1.165) is 16.7 Å². The maximum atomic E-state index is 13.4. The zero-order valence-corrected chi connectivity index (χ0v) is 18.3. The Morgan fingerprint density at radius 2 is 1.54 bits per heavy atom. The average molecular weight is 403 g/mol. The van der Waals surface area contributed by atoms with Crippen LogP contribution in [0.2, 0.25) is 0 Å².